The first-order valence-corrected chi connectivity index (χ1v) is 4.94. The predicted octanol–water partition coefficient (Wildman–Crippen LogP) is 2.53. The molecule has 1 aromatic rings. The van der Waals surface area contributed by atoms with Crippen LogP contribution in [-0.2, 0) is 15.5 Å². The third-order valence-corrected chi connectivity index (χ3v) is 2.57. The summed E-state index contributed by atoms with van der Waals surface area (Å²) < 4.78 is 30.9. The molecule has 0 atom stereocenters. The van der Waals surface area contributed by atoms with Crippen LogP contribution in [0.25, 0.3) is 0 Å². The number of alkyl halides is 2. The Bertz CT molecular complexity index is 432. The maximum Gasteiger partial charge on any atom is 0.381 e. The average molecular weight is 293 g/mol. The van der Waals surface area contributed by atoms with Gasteiger partial charge in [-0.1, -0.05) is 28.1 Å². The number of esters is 1. The number of hydrogen-bond donors (Lipinski definition) is 0. The highest BCUT2D eigenvalue weighted by Crippen LogP contribution is 2.34. The number of ether oxygens (including phenoxy) is 1. The van der Waals surface area contributed by atoms with Crippen LogP contribution in [0.4, 0.5) is 8.78 Å². The van der Waals surface area contributed by atoms with Gasteiger partial charge < -0.3 is 4.74 Å². The first kappa shape index (κ1) is 12.8. The first-order valence-electron chi connectivity index (χ1n) is 4.15. The van der Waals surface area contributed by atoms with E-state index in [0.29, 0.717) is 6.29 Å². The van der Waals surface area contributed by atoms with Crippen molar-refractivity contribution in [3.05, 3.63) is 33.8 Å². The molecule has 0 aliphatic carbocycles. The standard InChI is InChI=1S/C10H7BrF2O3/c1-16-9(15)10(12,13)7-3-2-6(5-14)4-8(7)11/h2-5H,1H3. The van der Waals surface area contributed by atoms with Crippen LogP contribution in [0, 0.1) is 0 Å². The highest BCUT2D eigenvalue weighted by Gasteiger charge is 2.43. The number of methoxy groups -OCH3 is 1. The third-order valence-electron chi connectivity index (χ3n) is 1.91. The van der Waals surface area contributed by atoms with E-state index in [9.17, 15) is 18.4 Å². The molecular weight excluding hydrogens is 286 g/mol. The second kappa shape index (κ2) is 4.69. The largest absolute Gasteiger partial charge is 0.464 e. The summed E-state index contributed by atoms with van der Waals surface area (Å²) in [7, 11) is 0.879. The van der Waals surface area contributed by atoms with Crippen molar-refractivity contribution in [2.24, 2.45) is 0 Å². The Labute approximate surface area is 98.5 Å². The van der Waals surface area contributed by atoms with Gasteiger partial charge in [-0.25, -0.2) is 4.79 Å². The molecule has 0 heterocycles. The SMILES string of the molecule is COC(=O)C(F)(F)c1ccc(C=O)cc1Br. The summed E-state index contributed by atoms with van der Waals surface area (Å²) in [5.74, 6) is -5.39. The highest BCUT2D eigenvalue weighted by molar-refractivity contribution is 9.10. The fourth-order valence-electron chi connectivity index (χ4n) is 1.10. The lowest BCUT2D eigenvalue weighted by Crippen LogP contribution is -2.27. The van der Waals surface area contributed by atoms with Gasteiger partial charge >= 0.3 is 11.9 Å². The number of aldehydes is 1. The van der Waals surface area contributed by atoms with Crippen LogP contribution < -0.4 is 0 Å². The normalized spacial score (nSPS) is 11.0. The molecule has 86 valence electrons. The number of halogens is 3. The topological polar surface area (TPSA) is 43.4 Å². The van der Waals surface area contributed by atoms with E-state index >= 15 is 0 Å². The zero-order valence-electron chi connectivity index (χ0n) is 8.17. The van der Waals surface area contributed by atoms with E-state index in [0.717, 1.165) is 13.2 Å². The number of carbonyl (C=O) groups is 2. The lowest BCUT2D eigenvalue weighted by atomic mass is 10.1. The molecule has 1 rings (SSSR count). The molecule has 0 unspecified atom stereocenters. The average Bonchev–Trinajstić information content (AvgIpc) is 2.27. The fourth-order valence-corrected chi connectivity index (χ4v) is 1.74. The summed E-state index contributed by atoms with van der Waals surface area (Å²) in [6.45, 7) is 0. The summed E-state index contributed by atoms with van der Waals surface area (Å²) in [4.78, 5) is 21.3. The van der Waals surface area contributed by atoms with Crippen LogP contribution in [-0.4, -0.2) is 19.4 Å². The van der Waals surface area contributed by atoms with Crippen molar-refractivity contribution < 1.29 is 23.1 Å². The van der Waals surface area contributed by atoms with Gasteiger partial charge in [-0.05, 0) is 6.07 Å². The van der Waals surface area contributed by atoms with Gasteiger partial charge in [-0.2, -0.15) is 8.78 Å². The first-order chi connectivity index (χ1) is 7.43. The van der Waals surface area contributed by atoms with E-state index in [1.165, 1.54) is 12.1 Å². The summed E-state index contributed by atoms with van der Waals surface area (Å²) in [6, 6.07) is 3.41. The van der Waals surface area contributed by atoms with E-state index in [1.807, 2.05) is 0 Å². The monoisotopic (exact) mass is 292 g/mol. The Morgan fingerprint density at radius 2 is 2.12 bits per heavy atom. The number of benzene rings is 1. The Morgan fingerprint density at radius 1 is 1.50 bits per heavy atom. The molecule has 0 bridgehead atoms. The van der Waals surface area contributed by atoms with E-state index in [2.05, 4.69) is 20.7 Å². The van der Waals surface area contributed by atoms with Crippen LogP contribution in [0.2, 0.25) is 0 Å². The summed E-state index contributed by atoms with van der Waals surface area (Å²) in [6.07, 6.45) is 0.519. The maximum atomic E-state index is 13.5. The zero-order chi connectivity index (χ0) is 12.3. The van der Waals surface area contributed by atoms with Crippen LogP contribution in [0.3, 0.4) is 0 Å². The van der Waals surface area contributed by atoms with Gasteiger partial charge in [0.15, 0.2) is 0 Å². The molecule has 0 aromatic heterocycles. The fraction of sp³-hybridized carbons (Fsp3) is 0.200. The molecule has 6 heteroatoms. The molecule has 1 aromatic carbocycles. The lowest BCUT2D eigenvalue weighted by molar-refractivity contribution is -0.170. The molecule has 0 N–H and O–H groups in total. The van der Waals surface area contributed by atoms with Crippen molar-refractivity contribution >= 4 is 28.2 Å². The second-order valence-electron chi connectivity index (χ2n) is 2.92. The molecule has 0 aliphatic rings. The van der Waals surface area contributed by atoms with Gasteiger partial charge in [0.05, 0.1) is 7.11 Å². The van der Waals surface area contributed by atoms with Crippen molar-refractivity contribution in [2.75, 3.05) is 7.11 Å². The Morgan fingerprint density at radius 3 is 2.56 bits per heavy atom. The van der Waals surface area contributed by atoms with E-state index in [4.69, 9.17) is 0 Å². The van der Waals surface area contributed by atoms with Gasteiger partial charge in [-0.3, -0.25) is 4.79 Å². The Balaban J connectivity index is 3.23. The maximum absolute atomic E-state index is 13.5. The molecule has 0 aliphatic heterocycles. The van der Waals surface area contributed by atoms with E-state index in [-0.39, 0.29) is 10.0 Å². The number of rotatable bonds is 3. The molecule has 0 saturated carbocycles. The van der Waals surface area contributed by atoms with Crippen molar-refractivity contribution in [2.45, 2.75) is 5.92 Å². The lowest BCUT2D eigenvalue weighted by Gasteiger charge is -2.15. The zero-order valence-corrected chi connectivity index (χ0v) is 9.75. The molecule has 0 spiro atoms. The minimum absolute atomic E-state index is 0.0208. The van der Waals surface area contributed by atoms with Crippen LogP contribution in [0.1, 0.15) is 15.9 Å². The Hall–Kier alpha value is -1.30. The predicted molar refractivity (Wildman–Crippen MR) is 55.4 cm³/mol. The van der Waals surface area contributed by atoms with Crippen LogP contribution in [0.15, 0.2) is 22.7 Å². The van der Waals surface area contributed by atoms with Gasteiger partial charge in [0.2, 0.25) is 0 Å². The highest BCUT2D eigenvalue weighted by atomic mass is 79.9. The van der Waals surface area contributed by atoms with Crippen LogP contribution >= 0.6 is 15.9 Å². The minimum Gasteiger partial charge on any atom is -0.464 e. The van der Waals surface area contributed by atoms with Crippen molar-refractivity contribution in [3.63, 3.8) is 0 Å². The molecule has 0 radical (unpaired) electrons. The summed E-state index contributed by atoms with van der Waals surface area (Å²) >= 11 is 2.87. The number of carbonyl (C=O) groups excluding carboxylic acids is 2. The Kier molecular flexibility index (Phi) is 3.74. The molecule has 0 fully saturated rings. The number of hydrogen-bond acceptors (Lipinski definition) is 3. The second-order valence-corrected chi connectivity index (χ2v) is 3.78. The van der Waals surface area contributed by atoms with Gasteiger partial charge in [0.1, 0.15) is 6.29 Å². The van der Waals surface area contributed by atoms with Gasteiger partial charge in [0.25, 0.3) is 0 Å². The summed E-state index contributed by atoms with van der Waals surface area (Å²) in [5, 5.41) is 0. The van der Waals surface area contributed by atoms with E-state index in [1.54, 1.807) is 0 Å². The quantitative estimate of drug-likeness (QED) is 0.635. The smallest absolute Gasteiger partial charge is 0.381 e. The van der Waals surface area contributed by atoms with Crippen molar-refractivity contribution in [3.8, 4) is 0 Å². The van der Waals surface area contributed by atoms with Gasteiger partial charge in [0, 0.05) is 15.6 Å². The molecule has 3 nitrogen and oxygen atoms in total. The van der Waals surface area contributed by atoms with Gasteiger partial charge in [-0.15, -0.1) is 0 Å². The molecule has 0 saturated heterocycles. The minimum atomic E-state index is -3.74. The van der Waals surface area contributed by atoms with Crippen LogP contribution in [0.5, 0.6) is 0 Å². The molecule has 16 heavy (non-hydrogen) atoms. The van der Waals surface area contributed by atoms with Crippen molar-refractivity contribution in [1.29, 1.82) is 0 Å². The summed E-state index contributed by atoms with van der Waals surface area (Å²) in [5.41, 5.74) is -0.304. The third kappa shape index (κ3) is 2.27. The molecular formula is C10H7BrF2O3. The molecule has 0 amide bonds. The van der Waals surface area contributed by atoms with Crippen molar-refractivity contribution in [1.82, 2.24) is 0 Å². The van der Waals surface area contributed by atoms with E-state index < -0.39 is 17.5 Å².